The summed E-state index contributed by atoms with van der Waals surface area (Å²) in [7, 11) is 0. The van der Waals surface area contributed by atoms with Crippen LogP contribution in [0.2, 0.25) is 0 Å². The number of nitrogens with zero attached hydrogens (tertiary/aromatic N) is 3. The standard InChI is InChI=1S/C25H32N4OS/c30-23(26-16-24-10-17-8-18-9-19(12-24)25(18,11-17)15-24)21-2-1-3-22-27-20(14-29(21)22)13-28-4-6-31-7-5-28/h1-3,14,17-19H,4-13,15-16H2,(H,26,30). The van der Waals surface area contributed by atoms with Crippen molar-refractivity contribution in [3.05, 3.63) is 35.8 Å². The van der Waals surface area contributed by atoms with Crippen LogP contribution in [-0.2, 0) is 6.54 Å². The molecule has 31 heavy (non-hydrogen) atoms. The second-order valence-corrected chi connectivity index (χ2v) is 12.4. The van der Waals surface area contributed by atoms with E-state index in [1.165, 1.54) is 50.0 Å². The Morgan fingerprint density at radius 3 is 2.97 bits per heavy atom. The number of hydrogen-bond donors (Lipinski definition) is 1. The third-order valence-electron chi connectivity index (χ3n) is 9.47. The first kappa shape index (κ1) is 19.0. The van der Waals surface area contributed by atoms with Crippen LogP contribution in [0.4, 0.5) is 0 Å². The Kier molecular flexibility index (Phi) is 4.13. The van der Waals surface area contributed by atoms with E-state index in [4.69, 9.17) is 4.98 Å². The number of carbonyl (C=O) groups is 1. The van der Waals surface area contributed by atoms with E-state index in [1.54, 1.807) is 0 Å². The molecule has 4 saturated carbocycles. The van der Waals surface area contributed by atoms with Crippen molar-refractivity contribution in [2.45, 2.75) is 45.1 Å². The number of pyridine rings is 1. The molecule has 5 unspecified atom stereocenters. The van der Waals surface area contributed by atoms with Gasteiger partial charge in [0.2, 0.25) is 0 Å². The van der Waals surface area contributed by atoms with Gasteiger partial charge in [-0.2, -0.15) is 11.8 Å². The Labute approximate surface area is 188 Å². The summed E-state index contributed by atoms with van der Waals surface area (Å²) in [6.07, 6.45) is 10.6. The summed E-state index contributed by atoms with van der Waals surface area (Å²) in [5.74, 6) is 5.35. The lowest BCUT2D eigenvalue weighted by Crippen LogP contribution is -2.43. The van der Waals surface area contributed by atoms with Gasteiger partial charge in [-0.25, -0.2) is 4.98 Å². The smallest absolute Gasteiger partial charge is 0.268 e. The highest BCUT2D eigenvalue weighted by Crippen LogP contribution is 2.78. The fourth-order valence-electron chi connectivity index (χ4n) is 8.41. The first-order valence-corrected chi connectivity index (χ1v) is 13.3. The Morgan fingerprint density at radius 2 is 2.06 bits per heavy atom. The highest BCUT2D eigenvalue weighted by atomic mass is 32.2. The van der Waals surface area contributed by atoms with E-state index in [-0.39, 0.29) is 5.91 Å². The van der Waals surface area contributed by atoms with Gasteiger partial charge in [-0.1, -0.05) is 6.07 Å². The molecule has 1 spiro atoms. The summed E-state index contributed by atoms with van der Waals surface area (Å²) in [5.41, 5.74) is 3.71. The molecule has 5 aliphatic rings. The average molecular weight is 437 g/mol. The van der Waals surface area contributed by atoms with Crippen LogP contribution in [0, 0.1) is 28.6 Å². The van der Waals surface area contributed by atoms with Crippen molar-refractivity contribution in [2.75, 3.05) is 31.1 Å². The Balaban J connectivity index is 1.08. The summed E-state index contributed by atoms with van der Waals surface area (Å²) in [6, 6.07) is 5.93. The van der Waals surface area contributed by atoms with Gasteiger partial charge >= 0.3 is 0 Å². The van der Waals surface area contributed by atoms with Gasteiger partial charge < -0.3 is 5.32 Å². The molecule has 0 radical (unpaired) electrons. The van der Waals surface area contributed by atoms with Gasteiger partial charge in [-0.05, 0) is 79.2 Å². The largest absolute Gasteiger partial charge is 0.350 e. The predicted octanol–water partition coefficient (Wildman–Crippen LogP) is 3.83. The van der Waals surface area contributed by atoms with Gasteiger partial charge in [-0.15, -0.1) is 0 Å². The minimum Gasteiger partial charge on any atom is -0.350 e. The van der Waals surface area contributed by atoms with Gasteiger partial charge in [0.15, 0.2) is 0 Å². The molecule has 2 aromatic rings. The van der Waals surface area contributed by atoms with Crippen LogP contribution in [0.3, 0.4) is 0 Å². The number of fused-ring (bicyclic) bond motifs is 3. The second-order valence-electron chi connectivity index (χ2n) is 11.2. The van der Waals surface area contributed by atoms with Crippen molar-refractivity contribution >= 4 is 23.3 Å². The van der Waals surface area contributed by atoms with Gasteiger partial charge in [-0.3, -0.25) is 14.1 Å². The molecule has 0 aromatic carbocycles. The lowest BCUT2D eigenvalue weighted by Gasteiger charge is -2.49. The van der Waals surface area contributed by atoms with Crippen LogP contribution in [0.25, 0.3) is 5.65 Å². The molecule has 2 aromatic heterocycles. The van der Waals surface area contributed by atoms with E-state index in [0.29, 0.717) is 10.8 Å². The topological polar surface area (TPSA) is 49.6 Å². The Morgan fingerprint density at radius 1 is 1.16 bits per heavy atom. The van der Waals surface area contributed by atoms with Crippen LogP contribution in [0.1, 0.15) is 54.7 Å². The van der Waals surface area contributed by atoms with E-state index in [1.807, 2.05) is 34.4 Å². The number of hydrogen-bond acceptors (Lipinski definition) is 4. The number of aromatic nitrogens is 2. The molecule has 164 valence electrons. The van der Waals surface area contributed by atoms with E-state index >= 15 is 0 Å². The molecule has 5 fully saturated rings. The van der Waals surface area contributed by atoms with Gasteiger partial charge in [0.05, 0.1) is 5.69 Å². The van der Waals surface area contributed by atoms with Crippen molar-refractivity contribution in [1.29, 1.82) is 0 Å². The molecule has 1 N–H and O–H groups in total. The minimum absolute atomic E-state index is 0.0597. The van der Waals surface area contributed by atoms with Crippen molar-refractivity contribution < 1.29 is 4.79 Å². The molecule has 1 amide bonds. The SMILES string of the molecule is O=C(NCC12CC3CC4CC(C1)C4(C3)C2)c1cccc2nc(CN3CCSCC3)cn12. The van der Waals surface area contributed by atoms with Gasteiger partial charge in [0.1, 0.15) is 11.3 Å². The second kappa shape index (κ2) is 6.74. The molecule has 5 nitrogen and oxygen atoms in total. The summed E-state index contributed by atoms with van der Waals surface area (Å²) in [4.78, 5) is 20.5. The van der Waals surface area contributed by atoms with Crippen LogP contribution in [0.5, 0.6) is 0 Å². The Hall–Kier alpha value is -1.53. The number of thioether (sulfide) groups is 1. The fourth-order valence-corrected chi connectivity index (χ4v) is 9.39. The van der Waals surface area contributed by atoms with Crippen LogP contribution in [0.15, 0.2) is 24.4 Å². The van der Waals surface area contributed by atoms with E-state index in [0.717, 1.165) is 61.0 Å². The zero-order valence-corrected chi connectivity index (χ0v) is 19.0. The van der Waals surface area contributed by atoms with Crippen molar-refractivity contribution in [3.63, 3.8) is 0 Å². The van der Waals surface area contributed by atoms with Crippen molar-refractivity contribution in [3.8, 4) is 0 Å². The highest BCUT2D eigenvalue weighted by Gasteiger charge is 2.70. The Bertz CT molecular complexity index is 1040. The maximum atomic E-state index is 13.3. The summed E-state index contributed by atoms with van der Waals surface area (Å²) in [6.45, 7) is 3.98. The van der Waals surface area contributed by atoms with Crippen molar-refractivity contribution in [2.24, 2.45) is 28.6 Å². The molecule has 6 heteroatoms. The van der Waals surface area contributed by atoms with Gasteiger partial charge in [0.25, 0.3) is 5.91 Å². The predicted molar refractivity (Wildman–Crippen MR) is 123 cm³/mol. The average Bonchev–Trinajstić information content (AvgIpc) is 3.33. The lowest BCUT2D eigenvalue weighted by molar-refractivity contribution is -0.00254. The monoisotopic (exact) mass is 436 g/mol. The van der Waals surface area contributed by atoms with E-state index in [9.17, 15) is 4.79 Å². The summed E-state index contributed by atoms with van der Waals surface area (Å²) < 4.78 is 2.00. The van der Waals surface area contributed by atoms with Crippen LogP contribution >= 0.6 is 11.8 Å². The molecule has 1 saturated heterocycles. The third kappa shape index (κ3) is 2.86. The zero-order valence-electron chi connectivity index (χ0n) is 18.2. The molecule has 3 bridgehead atoms. The minimum atomic E-state index is 0.0597. The number of amides is 1. The normalized spacial score (nSPS) is 38.4. The van der Waals surface area contributed by atoms with Crippen LogP contribution in [-0.4, -0.2) is 51.3 Å². The van der Waals surface area contributed by atoms with Crippen molar-refractivity contribution in [1.82, 2.24) is 19.6 Å². The van der Waals surface area contributed by atoms with Crippen LogP contribution < -0.4 is 5.32 Å². The molecular weight excluding hydrogens is 404 g/mol. The molecule has 7 rings (SSSR count). The number of imidazole rings is 1. The van der Waals surface area contributed by atoms with E-state index < -0.39 is 0 Å². The molecule has 1 aliphatic heterocycles. The summed E-state index contributed by atoms with van der Waals surface area (Å²) in [5, 5.41) is 3.37. The molecular formula is C25H32N4OS. The number of rotatable bonds is 5. The number of carbonyl (C=O) groups excluding carboxylic acids is 1. The molecule has 5 atom stereocenters. The van der Waals surface area contributed by atoms with E-state index in [2.05, 4.69) is 16.4 Å². The van der Waals surface area contributed by atoms with Gasteiger partial charge in [0, 0.05) is 43.9 Å². The maximum absolute atomic E-state index is 13.3. The highest BCUT2D eigenvalue weighted by molar-refractivity contribution is 7.99. The maximum Gasteiger partial charge on any atom is 0.268 e. The first-order valence-electron chi connectivity index (χ1n) is 12.2. The molecule has 4 aliphatic carbocycles. The molecule has 3 heterocycles. The quantitative estimate of drug-likeness (QED) is 0.774. The first-order chi connectivity index (χ1) is 15.1. The zero-order chi connectivity index (χ0) is 20.6. The third-order valence-corrected chi connectivity index (χ3v) is 10.4. The lowest BCUT2D eigenvalue weighted by atomic mass is 9.55. The number of nitrogens with one attached hydrogen (secondary N) is 1. The fraction of sp³-hybridized carbons (Fsp3) is 0.680. The summed E-state index contributed by atoms with van der Waals surface area (Å²) >= 11 is 2.03.